The van der Waals surface area contributed by atoms with E-state index in [1.54, 1.807) is 6.08 Å². The zero-order chi connectivity index (χ0) is 18.1. The second-order valence-corrected chi connectivity index (χ2v) is 6.01. The van der Waals surface area contributed by atoms with Crippen LogP contribution >= 0.6 is 0 Å². The summed E-state index contributed by atoms with van der Waals surface area (Å²) >= 11 is 0. The highest BCUT2D eigenvalue weighted by atomic mass is 19.2. The van der Waals surface area contributed by atoms with Gasteiger partial charge in [0.15, 0.2) is 23.5 Å². The van der Waals surface area contributed by atoms with Crippen LogP contribution in [0.3, 0.4) is 0 Å². The van der Waals surface area contributed by atoms with Crippen LogP contribution in [0.2, 0.25) is 0 Å². The molecule has 3 aromatic carbocycles. The predicted octanol–water partition coefficient (Wildman–Crippen LogP) is 5.36. The molecule has 128 valence electrons. The van der Waals surface area contributed by atoms with Gasteiger partial charge in [0.25, 0.3) is 0 Å². The third-order valence-corrected chi connectivity index (χ3v) is 4.28. The van der Waals surface area contributed by atoms with Crippen molar-refractivity contribution in [3.8, 4) is 5.75 Å². The summed E-state index contributed by atoms with van der Waals surface area (Å²) in [6.07, 6.45) is 1.03. The van der Waals surface area contributed by atoms with Crippen LogP contribution in [0.25, 0.3) is 6.08 Å². The smallest absolute Gasteiger partial charge is 0.196 e. The molecule has 0 saturated carbocycles. The number of ether oxygens (including phenoxy) is 1. The molecule has 3 aromatic rings. The molecule has 26 heavy (non-hydrogen) atoms. The molecule has 1 unspecified atom stereocenters. The Hall–Kier alpha value is -3.27. The molecule has 1 atom stereocenters. The summed E-state index contributed by atoms with van der Waals surface area (Å²) in [5.41, 5.74) is 1.99. The van der Waals surface area contributed by atoms with E-state index >= 15 is 0 Å². The van der Waals surface area contributed by atoms with Gasteiger partial charge in [-0.3, -0.25) is 4.79 Å². The monoisotopic (exact) mass is 348 g/mol. The van der Waals surface area contributed by atoms with Crippen LogP contribution in [0.4, 0.5) is 8.78 Å². The summed E-state index contributed by atoms with van der Waals surface area (Å²) in [7, 11) is 0. The summed E-state index contributed by atoms with van der Waals surface area (Å²) in [6, 6.07) is 20.4. The predicted molar refractivity (Wildman–Crippen MR) is 94.9 cm³/mol. The summed E-state index contributed by atoms with van der Waals surface area (Å²) in [6.45, 7) is 0. The van der Waals surface area contributed by atoms with Crippen LogP contribution in [0.1, 0.15) is 27.6 Å². The number of fused-ring (bicyclic) bond motifs is 1. The van der Waals surface area contributed by atoms with E-state index in [2.05, 4.69) is 0 Å². The van der Waals surface area contributed by atoms with Gasteiger partial charge < -0.3 is 4.74 Å². The Morgan fingerprint density at radius 1 is 0.846 bits per heavy atom. The van der Waals surface area contributed by atoms with Gasteiger partial charge in [0.2, 0.25) is 0 Å². The first-order valence-electron chi connectivity index (χ1n) is 8.15. The lowest BCUT2D eigenvalue weighted by Crippen LogP contribution is -2.24. The van der Waals surface area contributed by atoms with Crippen molar-refractivity contribution in [2.45, 2.75) is 6.10 Å². The lowest BCUT2D eigenvalue weighted by molar-refractivity contribution is 0.0962. The quantitative estimate of drug-likeness (QED) is 0.583. The van der Waals surface area contributed by atoms with Crippen LogP contribution in [0.5, 0.6) is 5.75 Å². The second-order valence-electron chi connectivity index (χ2n) is 6.01. The summed E-state index contributed by atoms with van der Waals surface area (Å²) < 4.78 is 33.2. The van der Waals surface area contributed by atoms with Crippen LogP contribution in [-0.2, 0) is 0 Å². The van der Waals surface area contributed by atoms with Gasteiger partial charge in [-0.1, -0.05) is 60.7 Å². The van der Waals surface area contributed by atoms with E-state index in [4.69, 9.17) is 4.74 Å². The zero-order valence-corrected chi connectivity index (χ0v) is 13.7. The summed E-state index contributed by atoms with van der Waals surface area (Å²) in [4.78, 5) is 13.0. The van der Waals surface area contributed by atoms with E-state index in [0.29, 0.717) is 5.57 Å². The van der Waals surface area contributed by atoms with Gasteiger partial charge in [-0.15, -0.1) is 0 Å². The van der Waals surface area contributed by atoms with Gasteiger partial charge in [-0.2, -0.15) is 0 Å². The Morgan fingerprint density at radius 2 is 1.46 bits per heavy atom. The number of halogens is 2. The fraction of sp³-hybridized carbons (Fsp3) is 0.0455. The number of ketones is 1. The standard InChI is InChI=1S/C22H14F2O2/c23-18-12-16-20(13-19(18)24)26-22(15-9-5-2-6-10-15)17(21(16)25)11-14-7-3-1-4-8-14/h1-13,22H/b17-11-. The van der Waals surface area contributed by atoms with Crippen molar-refractivity contribution in [3.05, 3.63) is 107 Å². The topological polar surface area (TPSA) is 26.3 Å². The van der Waals surface area contributed by atoms with Crippen LogP contribution < -0.4 is 4.74 Å². The average Bonchev–Trinajstić information content (AvgIpc) is 2.67. The van der Waals surface area contributed by atoms with E-state index in [0.717, 1.165) is 23.3 Å². The molecule has 1 aliphatic heterocycles. The number of Topliss-reactive ketones (excluding diaryl/α,β-unsaturated/α-hetero) is 1. The highest BCUT2D eigenvalue weighted by Crippen LogP contribution is 2.40. The largest absolute Gasteiger partial charge is 0.480 e. The normalized spacial score (nSPS) is 17.7. The molecule has 0 bridgehead atoms. The van der Waals surface area contributed by atoms with Gasteiger partial charge in [-0.05, 0) is 23.3 Å². The van der Waals surface area contributed by atoms with E-state index in [9.17, 15) is 13.6 Å². The van der Waals surface area contributed by atoms with E-state index < -0.39 is 17.7 Å². The molecular formula is C22H14F2O2. The molecule has 4 heteroatoms. The maximum atomic E-state index is 13.7. The van der Waals surface area contributed by atoms with Crippen molar-refractivity contribution < 1.29 is 18.3 Å². The minimum atomic E-state index is -1.07. The fourth-order valence-electron chi connectivity index (χ4n) is 3.01. The molecule has 1 heterocycles. The molecule has 2 nitrogen and oxygen atoms in total. The Morgan fingerprint density at radius 3 is 2.15 bits per heavy atom. The van der Waals surface area contributed by atoms with Crippen LogP contribution in [-0.4, -0.2) is 5.78 Å². The number of carbonyl (C=O) groups excluding carboxylic acids is 1. The lowest BCUT2D eigenvalue weighted by Gasteiger charge is -2.28. The first-order valence-corrected chi connectivity index (χ1v) is 8.15. The highest BCUT2D eigenvalue weighted by Gasteiger charge is 2.34. The van der Waals surface area contributed by atoms with E-state index in [-0.39, 0.29) is 17.1 Å². The van der Waals surface area contributed by atoms with Crippen LogP contribution in [0, 0.1) is 11.6 Å². The van der Waals surface area contributed by atoms with Crippen molar-refractivity contribution in [1.29, 1.82) is 0 Å². The third kappa shape index (κ3) is 2.90. The van der Waals surface area contributed by atoms with E-state index in [1.807, 2.05) is 60.7 Å². The third-order valence-electron chi connectivity index (χ3n) is 4.28. The first kappa shape index (κ1) is 16.2. The number of benzene rings is 3. The Kier molecular flexibility index (Phi) is 4.09. The Bertz CT molecular complexity index is 995. The maximum absolute atomic E-state index is 13.7. The van der Waals surface area contributed by atoms with Crippen molar-refractivity contribution in [3.63, 3.8) is 0 Å². The lowest BCUT2D eigenvalue weighted by atomic mass is 9.89. The van der Waals surface area contributed by atoms with Gasteiger partial charge in [0.05, 0.1) is 5.56 Å². The molecule has 0 spiro atoms. The summed E-state index contributed by atoms with van der Waals surface area (Å²) in [5, 5.41) is 0. The van der Waals surface area contributed by atoms with Crippen molar-refractivity contribution >= 4 is 11.9 Å². The molecular weight excluding hydrogens is 334 g/mol. The molecule has 4 rings (SSSR count). The number of hydrogen-bond acceptors (Lipinski definition) is 2. The molecule has 0 saturated heterocycles. The van der Waals surface area contributed by atoms with E-state index in [1.165, 1.54) is 0 Å². The molecule has 0 N–H and O–H groups in total. The Labute approximate surface area is 149 Å². The van der Waals surface area contributed by atoms with Gasteiger partial charge in [-0.25, -0.2) is 8.78 Å². The van der Waals surface area contributed by atoms with Gasteiger partial charge >= 0.3 is 0 Å². The first-order chi connectivity index (χ1) is 12.6. The second kappa shape index (κ2) is 6.56. The summed E-state index contributed by atoms with van der Waals surface area (Å²) in [5.74, 6) is -2.44. The highest BCUT2D eigenvalue weighted by molar-refractivity contribution is 6.14. The van der Waals surface area contributed by atoms with Crippen molar-refractivity contribution in [2.75, 3.05) is 0 Å². The zero-order valence-electron chi connectivity index (χ0n) is 13.7. The minimum absolute atomic E-state index is 0.0262. The van der Waals surface area contributed by atoms with Crippen LogP contribution in [0.15, 0.2) is 78.4 Å². The number of rotatable bonds is 2. The number of hydrogen-bond donors (Lipinski definition) is 0. The Balaban J connectivity index is 1.89. The average molecular weight is 348 g/mol. The van der Waals surface area contributed by atoms with Crippen molar-refractivity contribution in [1.82, 2.24) is 0 Å². The maximum Gasteiger partial charge on any atom is 0.196 e. The molecule has 0 amide bonds. The van der Waals surface area contributed by atoms with Gasteiger partial charge in [0, 0.05) is 11.6 Å². The molecule has 0 fully saturated rings. The number of carbonyl (C=O) groups is 1. The van der Waals surface area contributed by atoms with Crippen molar-refractivity contribution in [2.24, 2.45) is 0 Å². The molecule has 1 aliphatic rings. The molecule has 0 aromatic heterocycles. The SMILES string of the molecule is O=C1/C(=C/c2ccccc2)C(c2ccccc2)Oc2cc(F)c(F)cc21. The fourth-order valence-corrected chi connectivity index (χ4v) is 3.01. The van der Waals surface area contributed by atoms with Gasteiger partial charge in [0.1, 0.15) is 5.75 Å². The molecule has 0 radical (unpaired) electrons. The minimum Gasteiger partial charge on any atom is -0.480 e. The molecule has 0 aliphatic carbocycles.